The molecule has 0 aliphatic rings. The highest BCUT2D eigenvalue weighted by Crippen LogP contribution is 2.28. The van der Waals surface area contributed by atoms with Crippen molar-refractivity contribution in [1.82, 2.24) is 0 Å². The predicted molar refractivity (Wildman–Crippen MR) is 97.1 cm³/mol. The normalized spacial score (nSPS) is 11.6. The number of carbonyl (C=O) groups excluding carboxylic acids is 1. The number of anilines is 1. The van der Waals surface area contributed by atoms with Gasteiger partial charge in [0.25, 0.3) is 11.6 Å². The van der Waals surface area contributed by atoms with E-state index < -0.39 is 4.92 Å². The number of hydrogen-bond donors (Lipinski definition) is 1. The third-order valence-corrected chi connectivity index (χ3v) is 4.20. The molecule has 0 bridgehead atoms. The first kappa shape index (κ1) is 18.4. The van der Waals surface area contributed by atoms with Crippen LogP contribution in [0.15, 0.2) is 42.5 Å². The van der Waals surface area contributed by atoms with Crippen molar-refractivity contribution < 1.29 is 14.5 Å². The Bertz CT molecular complexity index is 774. The lowest BCUT2D eigenvalue weighted by Crippen LogP contribution is -2.21. The quantitative estimate of drug-likeness (QED) is 0.596. The molecule has 6 nitrogen and oxygen atoms in total. The number of benzene rings is 2. The van der Waals surface area contributed by atoms with Crippen LogP contribution in [0.2, 0.25) is 0 Å². The SMILES string of the molecule is CC[C@H](C)c1ccccc1OCC(=O)Nc1cccc([N+](=O)[O-])c1C. The van der Waals surface area contributed by atoms with Crippen LogP contribution < -0.4 is 10.1 Å². The lowest BCUT2D eigenvalue weighted by molar-refractivity contribution is -0.385. The van der Waals surface area contributed by atoms with E-state index in [-0.39, 0.29) is 18.2 Å². The molecular formula is C19H22N2O4. The van der Waals surface area contributed by atoms with Gasteiger partial charge >= 0.3 is 0 Å². The maximum atomic E-state index is 12.2. The van der Waals surface area contributed by atoms with Gasteiger partial charge in [0.1, 0.15) is 5.75 Å². The summed E-state index contributed by atoms with van der Waals surface area (Å²) in [5.74, 6) is 0.656. The van der Waals surface area contributed by atoms with Gasteiger partial charge in [-0.1, -0.05) is 38.1 Å². The van der Waals surface area contributed by atoms with Crippen LogP contribution in [0.1, 0.15) is 37.3 Å². The van der Waals surface area contributed by atoms with Crippen LogP contribution in [-0.2, 0) is 4.79 Å². The van der Waals surface area contributed by atoms with Crippen molar-refractivity contribution >= 4 is 17.3 Å². The van der Waals surface area contributed by atoms with E-state index in [0.717, 1.165) is 12.0 Å². The monoisotopic (exact) mass is 342 g/mol. The van der Waals surface area contributed by atoms with Gasteiger partial charge in [-0.15, -0.1) is 0 Å². The average molecular weight is 342 g/mol. The summed E-state index contributed by atoms with van der Waals surface area (Å²) < 4.78 is 5.67. The third-order valence-electron chi connectivity index (χ3n) is 4.20. The highest BCUT2D eigenvalue weighted by Gasteiger charge is 2.16. The second-order valence-electron chi connectivity index (χ2n) is 5.89. The van der Waals surface area contributed by atoms with Crippen molar-refractivity contribution in [2.75, 3.05) is 11.9 Å². The fourth-order valence-electron chi connectivity index (χ4n) is 2.53. The number of nitrogens with one attached hydrogen (secondary N) is 1. The van der Waals surface area contributed by atoms with E-state index in [1.54, 1.807) is 19.1 Å². The molecule has 0 spiro atoms. The van der Waals surface area contributed by atoms with Crippen molar-refractivity contribution in [1.29, 1.82) is 0 Å². The highest BCUT2D eigenvalue weighted by molar-refractivity contribution is 5.93. The van der Waals surface area contributed by atoms with E-state index in [4.69, 9.17) is 4.74 Å². The number of hydrogen-bond acceptors (Lipinski definition) is 4. The average Bonchev–Trinajstić information content (AvgIpc) is 2.61. The Morgan fingerprint density at radius 1 is 1.24 bits per heavy atom. The Kier molecular flexibility index (Phi) is 6.11. The van der Waals surface area contributed by atoms with Crippen LogP contribution >= 0.6 is 0 Å². The summed E-state index contributed by atoms with van der Waals surface area (Å²) >= 11 is 0. The Hall–Kier alpha value is -2.89. The largest absolute Gasteiger partial charge is 0.483 e. The van der Waals surface area contributed by atoms with Crippen LogP contribution in [0, 0.1) is 17.0 Å². The van der Waals surface area contributed by atoms with E-state index in [2.05, 4.69) is 19.2 Å². The van der Waals surface area contributed by atoms with Crippen LogP contribution in [0.3, 0.4) is 0 Å². The molecule has 0 radical (unpaired) electrons. The Labute approximate surface area is 147 Å². The summed E-state index contributed by atoms with van der Waals surface area (Å²) in [6.07, 6.45) is 0.972. The Morgan fingerprint density at radius 3 is 2.64 bits per heavy atom. The minimum Gasteiger partial charge on any atom is -0.483 e. The maximum Gasteiger partial charge on any atom is 0.274 e. The van der Waals surface area contributed by atoms with Gasteiger partial charge in [-0.25, -0.2) is 0 Å². The first-order valence-corrected chi connectivity index (χ1v) is 8.19. The molecule has 0 fully saturated rings. The fourth-order valence-corrected chi connectivity index (χ4v) is 2.53. The van der Waals surface area contributed by atoms with Gasteiger partial charge in [0.2, 0.25) is 0 Å². The van der Waals surface area contributed by atoms with Crippen LogP contribution in [0.5, 0.6) is 5.75 Å². The third kappa shape index (κ3) is 4.56. The summed E-state index contributed by atoms with van der Waals surface area (Å²) in [5, 5.41) is 13.6. The van der Waals surface area contributed by atoms with Crippen LogP contribution in [0.25, 0.3) is 0 Å². The zero-order valence-electron chi connectivity index (χ0n) is 14.6. The maximum absolute atomic E-state index is 12.2. The lowest BCUT2D eigenvalue weighted by atomic mass is 9.98. The Balaban J connectivity index is 2.05. The molecule has 25 heavy (non-hydrogen) atoms. The number of para-hydroxylation sites is 1. The molecule has 0 aliphatic carbocycles. The van der Waals surface area contributed by atoms with Gasteiger partial charge in [0.15, 0.2) is 6.61 Å². The number of nitro groups is 1. The molecule has 2 rings (SSSR count). The molecule has 0 unspecified atom stereocenters. The standard InChI is InChI=1S/C19H22N2O4/c1-4-13(2)15-8-5-6-11-18(15)25-12-19(22)20-16-9-7-10-17(14(16)3)21(23)24/h5-11,13H,4,12H2,1-3H3,(H,20,22)/t13-/m0/s1. The van der Waals surface area contributed by atoms with Gasteiger partial charge in [0, 0.05) is 6.07 Å². The van der Waals surface area contributed by atoms with Crippen LogP contribution in [-0.4, -0.2) is 17.4 Å². The summed E-state index contributed by atoms with van der Waals surface area (Å²) in [4.78, 5) is 22.7. The molecule has 0 aromatic heterocycles. The molecule has 1 N–H and O–H groups in total. The van der Waals surface area contributed by atoms with E-state index >= 15 is 0 Å². The highest BCUT2D eigenvalue weighted by atomic mass is 16.6. The van der Waals surface area contributed by atoms with Crippen molar-refractivity contribution in [3.8, 4) is 5.75 Å². The first-order valence-electron chi connectivity index (χ1n) is 8.19. The fraction of sp³-hybridized carbons (Fsp3) is 0.316. The topological polar surface area (TPSA) is 81.5 Å². The van der Waals surface area contributed by atoms with Gasteiger partial charge in [-0.05, 0) is 37.0 Å². The number of nitrogens with zero attached hydrogens (tertiary/aromatic N) is 1. The Morgan fingerprint density at radius 2 is 1.96 bits per heavy atom. The molecule has 2 aromatic carbocycles. The smallest absolute Gasteiger partial charge is 0.274 e. The van der Waals surface area contributed by atoms with Gasteiger partial charge in [0.05, 0.1) is 16.2 Å². The van der Waals surface area contributed by atoms with E-state index in [9.17, 15) is 14.9 Å². The van der Waals surface area contributed by atoms with Crippen molar-refractivity contribution in [2.24, 2.45) is 0 Å². The molecule has 0 saturated carbocycles. The zero-order chi connectivity index (χ0) is 18.4. The lowest BCUT2D eigenvalue weighted by Gasteiger charge is -2.15. The van der Waals surface area contributed by atoms with E-state index in [0.29, 0.717) is 22.9 Å². The molecule has 0 saturated heterocycles. The van der Waals surface area contributed by atoms with E-state index in [1.165, 1.54) is 6.07 Å². The molecule has 0 heterocycles. The van der Waals surface area contributed by atoms with Gasteiger partial charge < -0.3 is 10.1 Å². The zero-order valence-corrected chi connectivity index (χ0v) is 14.6. The minimum absolute atomic E-state index is 0.0270. The molecule has 6 heteroatoms. The number of carbonyl (C=O) groups is 1. The molecule has 0 aliphatic heterocycles. The van der Waals surface area contributed by atoms with Gasteiger partial charge in [-0.3, -0.25) is 14.9 Å². The number of rotatable bonds is 7. The van der Waals surface area contributed by atoms with E-state index in [1.807, 2.05) is 24.3 Å². The van der Waals surface area contributed by atoms with Crippen LogP contribution in [0.4, 0.5) is 11.4 Å². The number of amides is 1. The summed E-state index contributed by atoms with van der Waals surface area (Å²) in [7, 11) is 0. The van der Waals surface area contributed by atoms with Crippen molar-refractivity contribution in [3.05, 3.63) is 63.7 Å². The van der Waals surface area contributed by atoms with Crippen molar-refractivity contribution in [3.63, 3.8) is 0 Å². The molecule has 1 atom stereocenters. The van der Waals surface area contributed by atoms with Crippen molar-refractivity contribution in [2.45, 2.75) is 33.1 Å². The second kappa shape index (κ2) is 8.28. The first-order chi connectivity index (χ1) is 11.9. The predicted octanol–water partition coefficient (Wildman–Crippen LogP) is 4.43. The number of nitro benzene ring substituents is 1. The summed E-state index contributed by atoms with van der Waals surface area (Å²) in [6.45, 7) is 5.65. The summed E-state index contributed by atoms with van der Waals surface area (Å²) in [5.41, 5.74) is 1.86. The molecular weight excluding hydrogens is 320 g/mol. The number of ether oxygens (including phenoxy) is 1. The minimum atomic E-state index is -0.468. The molecule has 132 valence electrons. The summed E-state index contributed by atoms with van der Waals surface area (Å²) in [6, 6.07) is 12.2. The van der Waals surface area contributed by atoms with Gasteiger partial charge in [-0.2, -0.15) is 0 Å². The molecule has 2 aromatic rings. The molecule has 1 amide bonds. The second-order valence-corrected chi connectivity index (χ2v) is 5.89.